The maximum absolute atomic E-state index is 12.7. The normalized spacial score (nSPS) is 11.3. The van der Waals surface area contributed by atoms with E-state index in [0.717, 1.165) is 5.56 Å². The van der Waals surface area contributed by atoms with Crippen molar-refractivity contribution in [1.82, 2.24) is 15.2 Å². The van der Waals surface area contributed by atoms with Crippen LogP contribution < -0.4 is 16.4 Å². The van der Waals surface area contributed by atoms with Crippen molar-refractivity contribution in [3.8, 4) is 11.8 Å². The Hall–Kier alpha value is -4.78. The molecule has 216 valence electrons. The number of hydrogen-bond acceptors (Lipinski definition) is 6. The quantitative estimate of drug-likeness (QED) is 0.198. The van der Waals surface area contributed by atoms with Crippen LogP contribution in [0.25, 0.3) is 10.9 Å². The number of carbonyl (C=O) groups is 3. The van der Waals surface area contributed by atoms with E-state index in [1.165, 1.54) is 10.8 Å². The average molecular weight is 560 g/mol. The molecule has 0 atom stereocenters. The second-order valence-corrected chi connectivity index (χ2v) is 11.4. The lowest BCUT2D eigenvalue weighted by atomic mass is 10.1. The summed E-state index contributed by atoms with van der Waals surface area (Å²) in [6, 6.07) is 12.4. The third-order valence-corrected chi connectivity index (χ3v) is 5.55. The molecule has 1 heterocycles. The standard InChI is InChI=1S/C31H37N5O5/c1-30(2,3)40-28(38)35-16-7-8-20-9-12-22(13-10-20)27(37)34-17-15-21-11-14-25-23(18-21)24(26(32)33)19-36(25)29(39)41-31(4,5)6/h9-14,18-19H,15-17H2,1-6H3,(H3,32,33)(H,34,37)(H,35,38). The number of aromatic nitrogens is 1. The zero-order chi connectivity index (χ0) is 30.4. The third-order valence-electron chi connectivity index (χ3n) is 5.55. The summed E-state index contributed by atoms with van der Waals surface area (Å²) in [6.07, 6.45) is 0.963. The molecule has 0 aliphatic carbocycles. The third kappa shape index (κ3) is 9.14. The van der Waals surface area contributed by atoms with Gasteiger partial charge in [0.25, 0.3) is 5.91 Å². The maximum Gasteiger partial charge on any atom is 0.419 e. The molecule has 0 aliphatic rings. The van der Waals surface area contributed by atoms with Crippen LogP contribution in [0.3, 0.4) is 0 Å². The number of hydrogen-bond donors (Lipinski definition) is 4. The molecule has 41 heavy (non-hydrogen) atoms. The summed E-state index contributed by atoms with van der Waals surface area (Å²) in [5.41, 5.74) is 7.67. The van der Waals surface area contributed by atoms with Crippen LogP contribution in [-0.4, -0.2) is 52.8 Å². The van der Waals surface area contributed by atoms with Gasteiger partial charge in [-0.1, -0.05) is 17.9 Å². The number of nitrogens with two attached hydrogens (primary N) is 1. The fraction of sp³-hybridized carbons (Fsp3) is 0.355. The lowest BCUT2D eigenvalue weighted by molar-refractivity contribution is 0.0527. The summed E-state index contributed by atoms with van der Waals surface area (Å²) in [5, 5.41) is 14.1. The first-order valence-electron chi connectivity index (χ1n) is 13.2. The largest absolute Gasteiger partial charge is 0.444 e. The Bertz CT molecular complexity index is 1510. The Labute approximate surface area is 240 Å². The number of rotatable bonds is 6. The molecule has 0 spiro atoms. The van der Waals surface area contributed by atoms with E-state index in [1.54, 1.807) is 71.9 Å². The second-order valence-electron chi connectivity index (χ2n) is 11.4. The summed E-state index contributed by atoms with van der Waals surface area (Å²) in [4.78, 5) is 37.0. The Balaban J connectivity index is 1.58. The van der Waals surface area contributed by atoms with E-state index in [0.29, 0.717) is 40.6 Å². The number of carbonyl (C=O) groups excluding carboxylic acids is 3. The number of fused-ring (bicyclic) bond motifs is 1. The summed E-state index contributed by atoms with van der Waals surface area (Å²) in [7, 11) is 0. The fourth-order valence-electron chi connectivity index (χ4n) is 3.81. The average Bonchev–Trinajstić information content (AvgIpc) is 3.24. The number of alkyl carbamates (subject to hydrolysis) is 1. The van der Waals surface area contributed by atoms with Gasteiger partial charge in [0.2, 0.25) is 0 Å². The van der Waals surface area contributed by atoms with Crippen molar-refractivity contribution in [2.24, 2.45) is 5.73 Å². The van der Waals surface area contributed by atoms with Crippen LogP contribution in [0.2, 0.25) is 0 Å². The molecule has 0 unspecified atom stereocenters. The highest BCUT2D eigenvalue weighted by Gasteiger charge is 2.22. The highest BCUT2D eigenvalue weighted by molar-refractivity contribution is 6.09. The molecule has 1 aromatic heterocycles. The molecule has 0 radical (unpaired) electrons. The van der Waals surface area contributed by atoms with Gasteiger partial charge < -0.3 is 25.8 Å². The monoisotopic (exact) mass is 559 g/mol. The highest BCUT2D eigenvalue weighted by atomic mass is 16.6. The van der Waals surface area contributed by atoms with Crippen molar-refractivity contribution in [3.05, 3.63) is 70.9 Å². The van der Waals surface area contributed by atoms with Crippen molar-refractivity contribution in [3.63, 3.8) is 0 Å². The van der Waals surface area contributed by atoms with Crippen molar-refractivity contribution in [1.29, 1.82) is 5.41 Å². The zero-order valence-corrected chi connectivity index (χ0v) is 24.3. The van der Waals surface area contributed by atoms with Gasteiger partial charge in [0.1, 0.15) is 17.0 Å². The van der Waals surface area contributed by atoms with Crippen molar-refractivity contribution >= 4 is 34.8 Å². The maximum atomic E-state index is 12.7. The first kappa shape index (κ1) is 30.8. The first-order chi connectivity index (χ1) is 19.1. The molecule has 0 fully saturated rings. The molecule has 0 aliphatic heterocycles. The molecular formula is C31H37N5O5. The van der Waals surface area contributed by atoms with Crippen LogP contribution in [0.15, 0.2) is 48.7 Å². The van der Waals surface area contributed by atoms with Gasteiger partial charge in [0.15, 0.2) is 0 Å². The topological polar surface area (TPSA) is 149 Å². The van der Waals surface area contributed by atoms with Crippen LogP contribution in [0.1, 0.15) is 68.6 Å². The number of ether oxygens (including phenoxy) is 2. The van der Waals surface area contributed by atoms with Crippen LogP contribution in [-0.2, 0) is 15.9 Å². The summed E-state index contributed by atoms with van der Waals surface area (Å²) < 4.78 is 12.0. The predicted molar refractivity (Wildman–Crippen MR) is 158 cm³/mol. The first-order valence-corrected chi connectivity index (χ1v) is 13.2. The molecular weight excluding hydrogens is 522 g/mol. The number of benzene rings is 2. The Morgan fingerprint density at radius 1 is 0.951 bits per heavy atom. The SMILES string of the molecule is CC(C)(C)OC(=O)NCC#Cc1ccc(C(=O)NCCc2ccc3c(c2)c(C(=N)N)cn3C(=O)OC(C)(C)C)cc1. The summed E-state index contributed by atoms with van der Waals surface area (Å²) >= 11 is 0. The van der Waals surface area contributed by atoms with Crippen LogP contribution in [0.5, 0.6) is 0 Å². The Morgan fingerprint density at radius 2 is 1.61 bits per heavy atom. The predicted octanol–water partition coefficient (Wildman–Crippen LogP) is 4.56. The fourth-order valence-corrected chi connectivity index (χ4v) is 3.81. The molecule has 10 heteroatoms. The number of nitrogens with zero attached hydrogens (tertiary/aromatic N) is 1. The van der Waals surface area contributed by atoms with Gasteiger partial charge in [-0.05, 0) is 89.9 Å². The van der Waals surface area contributed by atoms with E-state index in [1.807, 2.05) is 12.1 Å². The van der Waals surface area contributed by atoms with Crippen LogP contribution in [0, 0.1) is 17.3 Å². The van der Waals surface area contributed by atoms with E-state index >= 15 is 0 Å². The number of amidine groups is 1. The van der Waals surface area contributed by atoms with E-state index in [4.69, 9.17) is 20.6 Å². The van der Waals surface area contributed by atoms with Gasteiger partial charge in [-0.25, -0.2) is 9.59 Å². The smallest absolute Gasteiger partial charge is 0.419 e. The van der Waals surface area contributed by atoms with Gasteiger partial charge in [-0.3, -0.25) is 14.8 Å². The van der Waals surface area contributed by atoms with Crippen molar-refractivity contribution < 1.29 is 23.9 Å². The van der Waals surface area contributed by atoms with E-state index in [9.17, 15) is 14.4 Å². The Kier molecular flexibility index (Phi) is 9.45. The van der Waals surface area contributed by atoms with E-state index in [2.05, 4.69) is 22.5 Å². The Morgan fingerprint density at radius 3 is 2.22 bits per heavy atom. The molecule has 0 saturated carbocycles. The van der Waals surface area contributed by atoms with Crippen molar-refractivity contribution in [2.75, 3.05) is 13.1 Å². The molecule has 3 aromatic rings. The molecule has 5 N–H and O–H groups in total. The van der Waals surface area contributed by atoms with E-state index < -0.39 is 23.4 Å². The number of amides is 2. The van der Waals surface area contributed by atoms with Gasteiger partial charge in [-0.2, -0.15) is 0 Å². The van der Waals surface area contributed by atoms with Gasteiger partial charge >= 0.3 is 12.2 Å². The second kappa shape index (κ2) is 12.6. The summed E-state index contributed by atoms with van der Waals surface area (Å²) in [6.45, 7) is 11.2. The highest BCUT2D eigenvalue weighted by Crippen LogP contribution is 2.24. The van der Waals surface area contributed by atoms with Gasteiger partial charge in [-0.15, -0.1) is 0 Å². The molecule has 10 nitrogen and oxygen atoms in total. The van der Waals surface area contributed by atoms with Gasteiger partial charge in [0.05, 0.1) is 12.1 Å². The lowest BCUT2D eigenvalue weighted by Crippen LogP contribution is -2.32. The molecule has 3 rings (SSSR count). The minimum absolute atomic E-state index is 0.141. The van der Waals surface area contributed by atoms with Gasteiger partial charge in [0, 0.05) is 34.8 Å². The summed E-state index contributed by atoms with van der Waals surface area (Å²) in [5.74, 6) is 5.40. The van der Waals surface area contributed by atoms with Crippen LogP contribution in [0.4, 0.5) is 9.59 Å². The van der Waals surface area contributed by atoms with E-state index in [-0.39, 0.29) is 18.3 Å². The minimum Gasteiger partial charge on any atom is -0.444 e. The molecule has 0 saturated heterocycles. The molecule has 2 aromatic carbocycles. The van der Waals surface area contributed by atoms with Crippen molar-refractivity contribution in [2.45, 2.75) is 59.2 Å². The van der Waals surface area contributed by atoms with Crippen LogP contribution >= 0.6 is 0 Å². The molecule has 0 bridgehead atoms. The minimum atomic E-state index is -0.670. The lowest BCUT2D eigenvalue weighted by Gasteiger charge is -2.19. The number of nitrogens with one attached hydrogen (secondary N) is 3. The molecule has 2 amide bonds. The zero-order valence-electron chi connectivity index (χ0n) is 24.3. The number of nitrogen functional groups attached to an aromatic ring is 1.